The van der Waals surface area contributed by atoms with Crippen molar-refractivity contribution in [1.82, 2.24) is 4.90 Å². The lowest BCUT2D eigenvalue weighted by atomic mass is 9.99. The maximum absolute atomic E-state index is 12.5. The number of hydrogen-bond donors (Lipinski definition) is 1. The van der Waals surface area contributed by atoms with Gasteiger partial charge in [-0.3, -0.25) is 4.79 Å². The molecule has 1 aromatic carbocycles. The van der Waals surface area contributed by atoms with Gasteiger partial charge in [0.15, 0.2) is 5.72 Å². The Morgan fingerprint density at radius 3 is 2.74 bits per heavy atom. The van der Waals surface area contributed by atoms with Crippen molar-refractivity contribution < 1.29 is 9.90 Å². The van der Waals surface area contributed by atoms with Gasteiger partial charge in [0.1, 0.15) is 0 Å². The number of nitrogens with zero attached hydrogens (tertiary/aromatic N) is 1. The fourth-order valence-corrected chi connectivity index (χ4v) is 3.31. The molecule has 1 aliphatic heterocycles. The summed E-state index contributed by atoms with van der Waals surface area (Å²) in [4.78, 5) is 15.1. The molecule has 3 nitrogen and oxygen atoms in total. The minimum absolute atomic E-state index is 0.0895. The summed E-state index contributed by atoms with van der Waals surface area (Å²) in [5.41, 5.74) is 0.153. The van der Waals surface area contributed by atoms with Gasteiger partial charge in [0.05, 0.1) is 6.54 Å². The highest BCUT2D eigenvalue weighted by atomic mass is 32.1. The second-order valence-electron chi connectivity index (χ2n) is 4.69. The van der Waals surface area contributed by atoms with Gasteiger partial charge in [-0.2, -0.15) is 0 Å². The van der Waals surface area contributed by atoms with Crippen molar-refractivity contribution >= 4 is 17.2 Å². The Balaban J connectivity index is 2.04. The molecule has 0 aliphatic carbocycles. The predicted molar refractivity (Wildman–Crippen MR) is 74.8 cm³/mol. The zero-order valence-electron chi connectivity index (χ0n) is 10.7. The van der Waals surface area contributed by atoms with Crippen LogP contribution in [0.15, 0.2) is 41.8 Å². The van der Waals surface area contributed by atoms with E-state index in [4.69, 9.17) is 0 Å². The predicted octanol–water partition coefficient (Wildman–Crippen LogP) is 2.96. The summed E-state index contributed by atoms with van der Waals surface area (Å²) in [6.45, 7) is 2.35. The zero-order valence-corrected chi connectivity index (χ0v) is 11.5. The summed E-state index contributed by atoms with van der Waals surface area (Å²) in [7, 11) is 0. The third kappa shape index (κ3) is 1.79. The minimum Gasteiger partial charge on any atom is -0.367 e. The Morgan fingerprint density at radius 1 is 1.26 bits per heavy atom. The van der Waals surface area contributed by atoms with Crippen molar-refractivity contribution in [2.45, 2.75) is 25.6 Å². The molecule has 0 radical (unpaired) electrons. The molecule has 0 spiro atoms. The molecule has 2 heterocycles. The summed E-state index contributed by atoms with van der Waals surface area (Å²) < 4.78 is 0. The van der Waals surface area contributed by atoms with Crippen molar-refractivity contribution in [3.05, 3.63) is 57.8 Å². The molecule has 1 unspecified atom stereocenters. The van der Waals surface area contributed by atoms with E-state index in [0.717, 1.165) is 10.4 Å². The fourth-order valence-electron chi connectivity index (χ4n) is 2.62. The van der Waals surface area contributed by atoms with Crippen molar-refractivity contribution in [1.29, 1.82) is 0 Å². The van der Waals surface area contributed by atoms with Gasteiger partial charge < -0.3 is 10.0 Å². The maximum atomic E-state index is 12.5. The van der Waals surface area contributed by atoms with Gasteiger partial charge in [0.25, 0.3) is 5.91 Å². The van der Waals surface area contributed by atoms with Crippen LogP contribution in [0.3, 0.4) is 0 Å². The molecular formula is C15H15NO2S. The van der Waals surface area contributed by atoms with Gasteiger partial charge in [-0.15, -0.1) is 11.3 Å². The van der Waals surface area contributed by atoms with Crippen LogP contribution in [-0.2, 0) is 12.3 Å². The van der Waals surface area contributed by atoms with Crippen LogP contribution in [0.25, 0.3) is 0 Å². The molecule has 2 aromatic rings. The Morgan fingerprint density at radius 2 is 2.05 bits per heavy atom. The van der Waals surface area contributed by atoms with E-state index < -0.39 is 5.72 Å². The molecule has 0 fully saturated rings. The van der Waals surface area contributed by atoms with Gasteiger partial charge in [-0.25, -0.2) is 0 Å². The number of carbonyl (C=O) groups is 1. The van der Waals surface area contributed by atoms with Crippen LogP contribution in [0.2, 0.25) is 0 Å². The smallest absolute Gasteiger partial charge is 0.257 e. The quantitative estimate of drug-likeness (QED) is 0.934. The normalized spacial score (nSPS) is 21.8. The summed E-state index contributed by atoms with van der Waals surface area (Å²) in [5.74, 6) is -0.0895. The van der Waals surface area contributed by atoms with Gasteiger partial charge in [-0.05, 0) is 23.9 Å². The standard InChI is InChI=1S/C15H15NO2S/c1-2-15(18)13-8-4-3-7-12(13)14(17)16(15)10-11-6-5-9-19-11/h3-9,18H,2,10H2,1H3. The first-order chi connectivity index (χ1) is 9.16. The van der Waals surface area contributed by atoms with E-state index in [-0.39, 0.29) is 5.91 Å². The van der Waals surface area contributed by atoms with Crippen LogP contribution in [0.1, 0.15) is 34.1 Å². The average molecular weight is 273 g/mol. The van der Waals surface area contributed by atoms with Crippen LogP contribution in [-0.4, -0.2) is 15.9 Å². The minimum atomic E-state index is -1.18. The zero-order chi connectivity index (χ0) is 13.5. The Hall–Kier alpha value is -1.65. The van der Waals surface area contributed by atoms with E-state index >= 15 is 0 Å². The Kier molecular flexibility index (Phi) is 2.92. The summed E-state index contributed by atoms with van der Waals surface area (Å²) in [6, 6.07) is 11.3. The van der Waals surface area contributed by atoms with E-state index in [2.05, 4.69) is 0 Å². The second-order valence-corrected chi connectivity index (χ2v) is 5.72. The van der Waals surface area contributed by atoms with Crippen molar-refractivity contribution in [3.8, 4) is 0 Å². The summed E-state index contributed by atoms with van der Waals surface area (Å²) >= 11 is 1.60. The van der Waals surface area contributed by atoms with Gasteiger partial charge >= 0.3 is 0 Å². The van der Waals surface area contributed by atoms with Crippen LogP contribution < -0.4 is 0 Å². The Bertz CT molecular complexity index is 608. The van der Waals surface area contributed by atoms with Gasteiger partial charge in [0, 0.05) is 16.0 Å². The van der Waals surface area contributed by atoms with E-state index in [1.54, 1.807) is 22.3 Å². The highest BCUT2D eigenvalue weighted by Gasteiger charge is 2.46. The summed E-state index contributed by atoms with van der Waals surface area (Å²) in [6.07, 6.45) is 0.487. The van der Waals surface area contributed by atoms with Crippen LogP contribution >= 0.6 is 11.3 Å². The Labute approximate surface area is 116 Å². The molecule has 1 N–H and O–H groups in total. The highest BCUT2D eigenvalue weighted by molar-refractivity contribution is 7.09. The second kappa shape index (κ2) is 4.47. The molecule has 1 atom stereocenters. The van der Waals surface area contributed by atoms with Crippen LogP contribution in [0, 0.1) is 0 Å². The fraction of sp³-hybridized carbons (Fsp3) is 0.267. The van der Waals surface area contributed by atoms with Gasteiger partial charge in [-0.1, -0.05) is 31.2 Å². The lowest BCUT2D eigenvalue weighted by Gasteiger charge is -2.33. The first kappa shape index (κ1) is 12.4. The topological polar surface area (TPSA) is 40.5 Å². The van der Waals surface area contributed by atoms with E-state index in [1.807, 2.05) is 42.6 Å². The summed E-state index contributed by atoms with van der Waals surface area (Å²) in [5, 5.41) is 12.9. The highest BCUT2D eigenvalue weighted by Crippen LogP contribution is 2.40. The molecule has 19 heavy (non-hydrogen) atoms. The average Bonchev–Trinajstić information content (AvgIpc) is 3.02. The van der Waals surface area contributed by atoms with Crippen LogP contribution in [0.4, 0.5) is 0 Å². The molecule has 0 saturated heterocycles. The molecule has 4 heteroatoms. The molecule has 1 aliphatic rings. The third-order valence-electron chi connectivity index (χ3n) is 3.67. The van der Waals surface area contributed by atoms with Crippen LogP contribution in [0.5, 0.6) is 0 Å². The number of hydrogen-bond acceptors (Lipinski definition) is 3. The third-order valence-corrected chi connectivity index (χ3v) is 4.53. The molecular weight excluding hydrogens is 258 g/mol. The van der Waals surface area contributed by atoms with E-state index in [1.165, 1.54) is 0 Å². The van der Waals surface area contributed by atoms with Gasteiger partial charge in [0.2, 0.25) is 0 Å². The molecule has 3 rings (SSSR count). The molecule has 0 saturated carbocycles. The lowest BCUT2D eigenvalue weighted by Crippen LogP contribution is -2.42. The number of amides is 1. The number of aliphatic hydroxyl groups is 1. The number of rotatable bonds is 3. The number of carbonyl (C=O) groups excluding carboxylic acids is 1. The largest absolute Gasteiger partial charge is 0.367 e. The maximum Gasteiger partial charge on any atom is 0.257 e. The monoisotopic (exact) mass is 273 g/mol. The van der Waals surface area contributed by atoms with E-state index in [9.17, 15) is 9.90 Å². The molecule has 1 amide bonds. The molecule has 98 valence electrons. The lowest BCUT2D eigenvalue weighted by molar-refractivity contribution is -0.0906. The van der Waals surface area contributed by atoms with Crippen molar-refractivity contribution in [2.75, 3.05) is 0 Å². The molecule has 1 aromatic heterocycles. The molecule has 0 bridgehead atoms. The van der Waals surface area contributed by atoms with Crippen molar-refractivity contribution in [2.24, 2.45) is 0 Å². The number of thiophene rings is 1. The number of benzene rings is 1. The van der Waals surface area contributed by atoms with E-state index in [0.29, 0.717) is 18.5 Å². The first-order valence-corrected chi connectivity index (χ1v) is 7.21. The first-order valence-electron chi connectivity index (χ1n) is 6.33. The SMILES string of the molecule is CCC1(O)c2ccccc2C(=O)N1Cc1cccs1. The van der Waals surface area contributed by atoms with Crippen molar-refractivity contribution in [3.63, 3.8) is 0 Å². The number of fused-ring (bicyclic) bond motifs is 1.